The zero-order valence-electron chi connectivity index (χ0n) is 7.53. The Balaban J connectivity index is 2.14. The maximum atomic E-state index is 12.2. The van der Waals surface area contributed by atoms with Gasteiger partial charge in [-0.2, -0.15) is 22.5 Å². The van der Waals surface area contributed by atoms with Gasteiger partial charge < -0.3 is 10.0 Å². The fourth-order valence-electron chi connectivity index (χ4n) is 1.37. The van der Waals surface area contributed by atoms with Gasteiger partial charge in [0.05, 0.1) is 6.10 Å². The molecule has 4 nitrogen and oxygen atoms in total. The third-order valence-corrected chi connectivity index (χ3v) is 2.88. The molecule has 1 N–H and O–H groups in total. The lowest BCUT2D eigenvalue weighted by Gasteiger charge is -2.11. The number of aromatic nitrogens is 2. The van der Waals surface area contributed by atoms with E-state index in [9.17, 15) is 18.3 Å². The zero-order valence-corrected chi connectivity index (χ0v) is 8.35. The van der Waals surface area contributed by atoms with Crippen LogP contribution >= 0.6 is 11.5 Å². The second-order valence-corrected chi connectivity index (χ2v) is 4.02. The topological polar surface area (TPSA) is 49.2 Å². The molecule has 0 spiro atoms. The van der Waals surface area contributed by atoms with Crippen LogP contribution in [0, 0.1) is 0 Å². The normalized spacial score (nSPS) is 22.4. The number of hydrogen-bond donors (Lipinski definition) is 1. The Morgan fingerprint density at radius 1 is 1.47 bits per heavy atom. The number of anilines is 1. The lowest BCUT2D eigenvalue weighted by Crippen LogP contribution is -2.21. The van der Waals surface area contributed by atoms with E-state index >= 15 is 0 Å². The fraction of sp³-hybridized carbons (Fsp3) is 0.714. The molecule has 1 aliphatic rings. The van der Waals surface area contributed by atoms with Gasteiger partial charge in [-0.15, -0.1) is 0 Å². The van der Waals surface area contributed by atoms with Crippen LogP contribution in [0.15, 0.2) is 0 Å². The van der Waals surface area contributed by atoms with Gasteiger partial charge >= 0.3 is 6.18 Å². The number of nitrogens with zero attached hydrogens (tertiary/aromatic N) is 3. The van der Waals surface area contributed by atoms with Gasteiger partial charge in [0.1, 0.15) is 0 Å². The molecule has 0 saturated carbocycles. The summed E-state index contributed by atoms with van der Waals surface area (Å²) in [4.78, 5) is 5.00. The average Bonchev–Trinajstić information content (AvgIpc) is 2.69. The summed E-state index contributed by atoms with van der Waals surface area (Å²) >= 11 is 0.709. The summed E-state index contributed by atoms with van der Waals surface area (Å²) in [6, 6.07) is 0. The van der Waals surface area contributed by atoms with E-state index < -0.39 is 18.1 Å². The smallest absolute Gasteiger partial charge is 0.391 e. The van der Waals surface area contributed by atoms with E-state index in [-0.39, 0.29) is 5.13 Å². The van der Waals surface area contributed by atoms with Crippen LogP contribution in [-0.4, -0.2) is 33.7 Å². The average molecular weight is 239 g/mol. The summed E-state index contributed by atoms with van der Waals surface area (Å²) in [5, 5.41) is 9.44. The zero-order chi connectivity index (χ0) is 11.1. The first kappa shape index (κ1) is 10.6. The van der Waals surface area contributed by atoms with E-state index in [0.29, 0.717) is 31.0 Å². The highest BCUT2D eigenvalue weighted by Crippen LogP contribution is 2.31. The molecule has 0 amide bonds. The molecule has 0 radical (unpaired) electrons. The number of aliphatic hydroxyl groups is 1. The van der Waals surface area contributed by atoms with Crippen molar-refractivity contribution in [3.63, 3.8) is 0 Å². The molecule has 0 aliphatic carbocycles. The number of hydrogen-bond acceptors (Lipinski definition) is 5. The van der Waals surface area contributed by atoms with E-state index in [2.05, 4.69) is 9.36 Å². The van der Waals surface area contributed by atoms with Crippen LogP contribution in [-0.2, 0) is 6.18 Å². The molecular formula is C7H8F3N3OS. The van der Waals surface area contributed by atoms with Crippen molar-refractivity contribution in [1.29, 1.82) is 0 Å². The molecule has 1 saturated heterocycles. The molecule has 84 valence electrons. The van der Waals surface area contributed by atoms with Crippen molar-refractivity contribution in [2.45, 2.75) is 18.7 Å². The Morgan fingerprint density at radius 3 is 2.67 bits per heavy atom. The monoisotopic (exact) mass is 239 g/mol. The molecule has 0 aromatic carbocycles. The molecule has 1 atom stereocenters. The first-order valence-corrected chi connectivity index (χ1v) is 5.08. The summed E-state index contributed by atoms with van der Waals surface area (Å²) in [7, 11) is 0. The summed E-state index contributed by atoms with van der Waals surface area (Å²) in [5.41, 5.74) is 0. The van der Waals surface area contributed by atoms with E-state index in [1.807, 2.05) is 0 Å². The highest BCUT2D eigenvalue weighted by molar-refractivity contribution is 7.09. The minimum absolute atomic E-state index is 0.221. The molecule has 0 bridgehead atoms. The van der Waals surface area contributed by atoms with Crippen LogP contribution in [0.1, 0.15) is 12.2 Å². The highest BCUT2D eigenvalue weighted by atomic mass is 32.1. The van der Waals surface area contributed by atoms with Crippen LogP contribution in [0.25, 0.3) is 0 Å². The van der Waals surface area contributed by atoms with Gasteiger partial charge in [0.25, 0.3) is 0 Å². The maximum Gasteiger partial charge on any atom is 0.452 e. The first-order chi connectivity index (χ1) is 6.97. The number of aliphatic hydroxyl groups excluding tert-OH is 1. The molecule has 8 heteroatoms. The maximum absolute atomic E-state index is 12.2. The molecule has 15 heavy (non-hydrogen) atoms. The van der Waals surface area contributed by atoms with Crippen LogP contribution in [0.3, 0.4) is 0 Å². The molecular weight excluding hydrogens is 231 g/mol. The largest absolute Gasteiger partial charge is 0.452 e. The number of β-amino-alcohol motifs (C(OH)–C–C–N with tert-alkyl or cyclic N) is 1. The number of halogens is 3. The highest BCUT2D eigenvalue weighted by Gasteiger charge is 2.37. The summed E-state index contributed by atoms with van der Waals surface area (Å²) in [6.07, 6.45) is -4.42. The van der Waals surface area contributed by atoms with Gasteiger partial charge in [-0.25, -0.2) is 0 Å². The third kappa shape index (κ3) is 2.20. The molecule has 2 rings (SSSR count). The minimum atomic E-state index is -4.49. The summed E-state index contributed by atoms with van der Waals surface area (Å²) in [5.74, 6) is -1.11. The van der Waals surface area contributed by atoms with E-state index in [1.54, 1.807) is 4.90 Å². The quantitative estimate of drug-likeness (QED) is 0.798. The van der Waals surface area contributed by atoms with Crippen LogP contribution in [0.5, 0.6) is 0 Å². The molecule has 1 fully saturated rings. The Hall–Kier alpha value is -0.890. The SMILES string of the molecule is OC1CCN(c2nc(C(F)(F)F)ns2)C1. The molecule has 1 aromatic heterocycles. The molecule has 1 aliphatic heterocycles. The first-order valence-electron chi connectivity index (χ1n) is 4.31. The van der Waals surface area contributed by atoms with Gasteiger partial charge in [-0.1, -0.05) is 0 Å². The number of rotatable bonds is 1. The van der Waals surface area contributed by atoms with E-state index in [0.717, 1.165) is 0 Å². The summed E-state index contributed by atoms with van der Waals surface area (Å²) in [6.45, 7) is 0.847. The van der Waals surface area contributed by atoms with E-state index in [1.165, 1.54) is 0 Å². The second-order valence-electron chi connectivity index (χ2n) is 3.29. The van der Waals surface area contributed by atoms with Gasteiger partial charge in [-0.05, 0) is 6.42 Å². The van der Waals surface area contributed by atoms with Crippen molar-refractivity contribution < 1.29 is 18.3 Å². The molecule has 2 heterocycles. The standard InChI is InChI=1S/C7H8F3N3OS/c8-7(9,10)5-11-6(15-12-5)13-2-1-4(14)3-13/h4,14H,1-3H2. The third-order valence-electron chi connectivity index (χ3n) is 2.10. The van der Waals surface area contributed by atoms with Gasteiger partial charge in [-0.3, -0.25) is 0 Å². The van der Waals surface area contributed by atoms with Crippen molar-refractivity contribution >= 4 is 16.7 Å². The lowest BCUT2D eigenvalue weighted by molar-refractivity contribution is -0.144. The predicted molar refractivity (Wildman–Crippen MR) is 47.7 cm³/mol. The lowest BCUT2D eigenvalue weighted by atomic mass is 10.3. The van der Waals surface area contributed by atoms with Gasteiger partial charge in [0.15, 0.2) is 0 Å². The summed E-state index contributed by atoms with van der Waals surface area (Å²) < 4.78 is 39.8. The van der Waals surface area contributed by atoms with Crippen molar-refractivity contribution in [1.82, 2.24) is 9.36 Å². The fourth-order valence-corrected chi connectivity index (χ4v) is 2.10. The Labute approximate surface area is 87.5 Å². The van der Waals surface area contributed by atoms with Crippen molar-refractivity contribution in [2.75, 3.05) is 18.0 Å². The van der Waals surface area contributed by atoms with Crippen LogP contribution < -0.4 is 4.90 Å². The predicted octanol–water partition coefficient (Wildman–Crippen LogP) is 1.13. The van der Waals surface area contributed by atoms with Crippen molar-refractivity contribution in [2.24, 2.45) is 0 Å². The van der Waals surface area contributed by atoms with Crippen molar-refractivity contribution in [3.05, 3.63) is 5.82 Å². The molecule has 1 unspecified atom stereocenters. The van der Waals surface area contributed by atoms with Gasteiger partial charge in [0, 0.05) is 24.6 Å². The van der Waals surface area contributed by atoms with Crippen molar-refractivity contribution in [3.8, 4) is 0 Å². The Kier molecular flexibility index (Phi) is 2.55. The van der Waals surface area contributed by atoms with E-state index in [4.69, 9.17) is 0 Å². The molecule has 1 aromatic rings. The second kappa shape index (κ2) is 3.60. The Morgan fingerprint density at radius 2 is 2.20 bits per heavy atom. The van der Waals surface area contributed by atoms with Gasteiger partial charge in [0.2, 0.25) is 11.0 Å². The minimum Gasteiger partial charge on any atom is -0.391 e. The number of alkyl halides is 3. The van der Waals surface area contributed by atoms with Crippen LogP contribution in [0.2, 0.25) is 0 Å². The van der Waals surface area contributed by atoms with Crippen LogP contribution in [0.4, 0.5) is 18.3 Å². The Bertz CT molecular complexity index is 353.